The molecule has 0 saturated carbocycles. The Morgan fingerprint density at radius 2 is 2.07 bits per heavy atom. The lowest BCUT2D eigenvalue weighted by Crippen LogP contribution is -2.41. The van der Waals surface area contributed by atoms with Gasteiger partial charge in [-0.3, -0.25) is 4.79 Å². The Bertz CT molecular complexity index is 1050. The van der Waals surface area contributed by atoms with Crippen molar-refractivity contribution in [2.24, 2.45) is 0 Å². The Morgan fingerprint density at radius 1 is 1.34 bits per heavy atom. The van der Waals surface area contributed by atoms with Crippen LogP contribution in [-0.4, -0.2) is 54.7 Å². The largest absolute Gasteiger partial charge is 0.379 e. The Morgan fingerprint density at radius 3 is 2.76 bits per heavy atom. The second kappa shape index (κ2) is 8.69. The van der Waals surface area contributed by atoms with Gasteiger partial charge in [-0.25, -0.2) is 17.5 Å². The van der Waals surface area contributed by atoms with E-state index in [4.69, 9.17) is 10.00 Å². The molecule has 29 heavy (non-hydrogen) atoms. The van der Waals surface area contributed by atoms with Crippen molar-refractivity contribution in [2.75, 3.05) is 31.6 Å². The van der Waals surface area contributed by atoms with E-state index in [1.165, 1.54) is 10.7 Å². The van der Waals surface area contributed by atoms with Crippen molar-refractivity contribution >= 4 is 21.7 Å². The van der Waals surface area contributed by atoms with Gasteiger partial charge in [-0.05, 0) is 25.1 Å². The molecule has 0 unspecified atom stereocenters. The highest BCUT2D eigenvalue weighted by atomic mass is 32.2. The molecule has 1 aromatic heterocycles. The summed E-state index contributed by atoms with van der Waals surface area (Å²) in [4.78, 5) is 12.1. The number of rotatable bonds is 6. The second-order valence-corrected chi connectivity index (χ2v) is 8.32. The summed E-state index contributed by atoms with van der Waals surface area (Å²) in [5.74, 6) is -1.17. The van der Waals surface area contributed by atoms with Crippen LogP contribution >= 0.6 is 0 Å². The minimum atomic E-state index is -4.09. The monoisotopic (exact) mass is 421 g/mol. The quantitative estimate of drug-likeness (QED) is 0.756. The van der Waals surface area contributed by atoms with E-state index in [-0.39, 0.29) is 38.3 Å². The standard InChI is InChI=1S/C18H20FN5O4S/c1-13-11-17(24(22-13)6-2-5-20)21-18(25)14-3-4-15(19)16(12-14)29(26,27)23-7-9-28-10-8-23/h3-4,11-12H,2,6-10H2,1H3,(H,21,25). The van der Waals surface area contributed by atoms with Crippen LogP contribution in [0.15, 0.2) is 29.2 Å². The van der Waals surface area contributed by atoms with Crippen LogP contribution < -0.4 is 5.32 Å². The fraction of sp³-hybridized carbons (Fsp3) is 0.389. The molecule has 1 fully saturated rings. The van der Waals surface area contributed by atoms with E-state index in [1.807, 2.05) is 6.07 Å². The molecule has 9 nitrogen and oxygen atoms in total. The molecule has 1 aliphatic heterocycles. The van der Waals surface area contributed by atoms with Crippen molar-refractivity contribution in [3.63, 3.8) is 0 Å². The number of aryl methyl sites for hydroxylation is 2. The SMILES string of the molecule is Cc1cc(NC(=O)c2ccc(F)c(S(=O)(=O)N3CCOCC3)c2)n(CCC#N)n1. The first-order valence-electron chi connectivity index (χ1n) is 8.93. The summed E-state index contributed by atoms with van der Waals surface area (Å²) in [7, 11) is -4.09. The van der Waals surface area contributed by atoms with Gasteiger partial charge in [0, 0.05) is 24.7 Å². The average molecular weight is 421 g/mol. The molecule has 0 radical (unpaired) electrons. The fourth-order valence-electron chi connectivity index (χ4n) is 2.93. The van der Waals surface area contributed by atoms with E-state index in [1.54, 1.807) is 13.0 Å². The Balaban J connectivity index is 1.86. The number of sulfonamides is 1. The average Bonchev–Trinajstić information content (AvgIpc) is 3.06. The zero-order valence-corrected chi connectivity index (χ0v) is 16.6. The molecule has 0 aliphatic carbocycles. The zero-order valence-electron chi connectivity index (χ0n) is 15.8. The summed E-state index contributed by atoms with van der Waals surface area (Å²) >= 11 is 0. The van der Waals surface area contributed by atoms with Gasteiger partial charge in [0.1, 0.15) is 16.5 Å². The topological polar surface area (TPSA) is 117 Å². The molecule has 1 N–H and O–H groups in total. The van der Waals surface area contributed by atoms with Gasteiger partial charge in [-0.15, -0.1) is 0 Å². The molecule has 154 valence electrons. The number of nitrogens with one attached hydrogen (secondary N) is 1. The minimum absolute atomic E-state index is 0.0103. The lowest BCUT2D eigenvalue weighted by Gasteiger charge is -2.26. The zero-order chi connectivity index (χ0) is 21.0. The normalized spacial score (nSPS) is 15.1. The molecule has 3 rings (SSSR count). The molecular formula is C18H20FN5O4S. The van der Waals surface area contributed by atoms with Crippen molar-refractivity contribution in [3.8, 4) is 6.07 Å². The number of halogens is 1. The lowest BCUT2D eigenvalue weighted by atomic mass is 10.2. The van der Waals surface area contributed by atoms with Crippen LogP contribution in [0.25, 0.3) is 0 Å². The van der Waals surface area contributed by atoms with Gasteiger partial charge in [0.05, 0.1) is 37.9 Å². The molecule has 0 spiro atoms. The number of ether oxygens (including phenoxy) is 1. The predicted octanol–water partition coefficient (Wildman–Crippen LogP) is 1.52. The third kappa shape index (κ3) is 4.61. The molecule has 1 amide bonds. The van der Waals surface area contributed by atoms with Crippen molar-refractivity contribution in [3.05, 3.63) is 41.3 Å². The minimum Gasteiger partial charge on any atom is -0.379 e. The van der Waals surface area contributed by atoms with Gasteiger partial charge in [0.2, 0.25) is 10.0 Å². The number of aromatic nitrogens is 2. The molecule has 2 aromatic rings. The molecule has 0 bridgehead atoms. The van der Waals surface area contributed by atoms with Crippen LogP contribution in [0.3, 0.4) is 0 Å². The van der Waals surface area contributed by atoms with Crippen molar-refractivity contribution in [1.29, 1.82) is 5.26 Å². The number of morpholine rings is 1. The number of carbonyl (C=O) groups excluding carboxylic acids is 1. The Kier molecular flexibility index (Phi) is 6.26. The van der Waals surface area contributed by atoms with Gasteiger partial charge in [-0.2, -0.15) is 14.7 Å². The number of nitriles is 1. The third-order valence-corrected chi connectivity index (χ3v) is 6.27. The number of carbonyl (C=O) groups is 1. The van der Waals surface area contributed by atoms with Crippen LogP contribution in [0, 0.1) is 24.1 Å². The van der Waals surface area contributed by atoms with Crippen LogP contribution in [0.4, 0.5) is 10.2 Å². The number of anilines is 1. The third-order valence-electron chi connectivity index (χ3n) is 4.36. The molecule has 1 aliphatic rings. The predicted molar refractivity (Wildman–Crippen MR) is 101 cm³/mol. The van der Waals surface area contributed by atoms with Crippen LogP contribution in [0.5, 0.6) is 0 Å². The smallest absolute Gasteiger partial charge is 0.256 e. The van der Waals surface area contributed by atoms with E-state index >= 15 is 0 Å². The van der Waals surface area contributed by atoms with Crippen molar-refractivity contribution in [1.82, 2.24) is 14.1 Å². The second-order valence-electron chi connectivity index (χ2n) is 6.42. The summed E-state index contributed by atoms with van der Waals surface area (Å²) < 4.78 is 47.6. The number of benzene rings is 1. The number of amides is 1. The van der Waals surface area contributed by atoms with E-state index in [9.17, 15) is 17.6 Å². The van der Waals surface area contributed by atoms with Gasteiger partial charge in [-0.1, -0.05) is 0 Å². The first-order valence-corrected chi connectivity index (χ1v) is 10.4. The molecule has 1 aromatic carbocycles. The van der Waals surface area contributed by atoms with E-state index in [0.29, 0.717) is 18.1 Å². The maximum atomic E-state index is 14.3. The highest BCUT2D eigenvalue weighted by Gasteiger charge is 2.30. The molecule has 11 heteroatoms. The summed E-state index contributed by atoms with van der Waals surface area (Å²) in [5, 5.41) is 15.6. The molecular weight excluding hydrogens is 401 g/mol. The van der Waals surface area contributed by atoms with Crippen LogP contribution in [0.1, 0.15) is 22.5 Å². The van der Waals surface area contributed by atoms with Crippen molar-refractivity contribution in [2.45, 2.75) is 24.8 Å². The number of nitrogens with zero attached hydrogens (tertiary/aromatic N) is 4. The summed E-state index contributed by atoms with van der Waals surface area (Å²) in [6.45, 7) is 2.73. The van der Waals surface area contributed by atoms with Gasteiger partial charge < -0.3 is 10.1 Å². The van der Waals surface area contributed by atoms with Gasteiger partial charge in [0.15, 0.2) is 0 Å². The van der Waals surface area contributed by atoms with Gasteiger partial charge >= 0.3 is 0 Å². The Hall–Kier alpha value is -2.81. The molecule has 1 saturated heterocycles. The molecule has 2 heterocycles. The van der Waals surface area contributed by atoms with E-state index in [2.05, 4.69) is 10.4 Å². The fourth-order valence-corrected chi connectivity index (χ4v) is 4.43. The van der Waals surface area contributed by atoms with E-state index < -0.39 is 26.6 Å². The summed E-state index contributed by atoms with van der Waals surface area (Å²) in [5.41, 5.74) is 0.636. The van der Waals surface area contributed by atoms with Crippen LogP contribution in [0.2, 0.25) is 0 Å². The number of hydrogen-bond acceptors (Lipinski definition) is 6. The number of hydrogen-bond donors (Lipinski definition) is 1. The first-order chi connectivity index (χ1) is 13.8. The Labute approximate surface area is 167 Å². The highest BCUT2D eigenvalue weighted by molar-refractivity contribution is 7.89. The van der Waals surface area contributed by atoms with Crippen LogP contribution in [-0.2, 0) is 21.3 Å². The van der Waals surface area contributed by atoms with E-state index in [0.717, 1.165) is 16.4 Å². The van der Waals surface area contributed by atoms with Crippen molar-refractivity contribution < 1.29 is 22.3 Å². The summed E-state index contributed by atoms with van der Waals surface area (Å²) in [6, 6.07) is 6.83. The molecule has 0 atom stereocenters. The summed E-state index contributed by atoms with van der Waals surface area (Å²) in [6.07, 6.45) is 0.211. The lowest BCUT2D eigenvalue weighted by molar-refractivity contribution is 0.0729. The van der Waals surface area contributed by atoms with Gasteiger partial charge in [0.25, 0.3) is 5.91 Å². The maximum absolute atomic E-state index is 14.3. The maximum Gasteiger partial charge on any atom is 0.256 e. The highest BCUT2D eigenvalue weighted by Crippen LogP contribution is 2.22. The first kappa shape index (κ1) is 20.9.